The van der Waals surface area contributed by atoms with Gasteiger partial charge in [-0.25, -0.2) is 4.99 Å². The smallest absolute Gasteiger partial charge is 0.264 e. The Labute approximate surface area is 183 Å². The number of aliphatic imine (C=N–C) groups is 1. The second-order valence-electron chi connectivity index (χ2n) is 8.80. The molecule has 0 saturated carbocycles. The molecule has 1 amide bonds. The molecule has 2 aromatic rings. The van der Waals surface area contributed by atoms with Crippen molar-refractivity contribution in [1.29, 1.82) is 0 Å². The minimum Gasteiger partial charge on any atom is -0.366 e. The number of thioether (sulfide) groups is 1. The van der Waals surface area contributed by atoms with E-state index in [0.717, 1.165) is 29.8 Å². The van der Waals surface area contributed by atoms with Crippen molar-refractivity contribution in [3.05, 3.63) is 64.1 Å². The number of benzene rings is 2. The largest absolute Gasteiger partial charge is 0.366 e. The van der Waals surface area contributed by atoms with Crippen LogP contribution in [0.2, 0.25) is 0 Å². The van der Waals surface area contributed by atoms with Crippen LogP contribution in [0.1, 0.15) is 56.7 Å². The normalized spacial score (nSPS) is 23.0. The van der Waals surface area contributed by atoms with Crippen LogP contribution >= 0.6 is 11.8 Å². The number of amides is 1. The van der Waals surface area contributed by atoms with Crippen molar-refractivity contribution in [3.63, 3.8) is 0 Å². The number of hydrogen-bond acceptors (Lipinski definition) is 4. The summed E-state index contributed by atoms with van der Waals surface area (Å²) in [4.78, 5) is 20.2. The Morgan fingerprint density at radius 3 is 2.80 bits per heavy atom. The van der Waals surface area contributed by atoms with Crippen molar-refractivity contribution >= 4 is 40.3 Å². The molecule has 30 heavy (non-hydrogen) atoms. The number of carbonyl (C=O) groups is 1. The number of rotatable bonds is 3. The van der Waals surface area contributed by atoms with Gasteiger partial charge in [-0.1, -0.05) is 25.1 Å². The van der Waals surface area contributed by atoms with Crippen molar-refractivity contribution in [2.75, 3.05) is 11.4 Å². The highest BCUT2D eigenvalue weighted by atomic mass is 32.2. The maximum atomic E-state index is 12.5. The highest BCUT2D eigenvalue weighted by molar-refractivity contribution is 8.18. The van der Waals surface area contributed by atoms with E-state index in [0.29, 0.717) is 16.0 Å². The molecule has 0 spiro atoms. The maximum Gasteiger partial charge on any atom is 0.264 e. The Morgan fingerprint density at radius 2 is 2.07 bits per heavy atom. The molecule has 0 aromatic heterocycles. The van der Waals surface area contributed by atoms with E-state index in [1.165, 1.54) is 23.0 Å². The lowest BCUT2D eigenvalue weighted by Crippen LogP contribution is -2.48. The number of nitrogens with zero attached hydrogens (tertiary/aromatic N) is 2. The first-order chi connectivity index (χ1) is 14.3. The van der Waals surface area contributed by atoms with Crippen molar-refractivity contribution in [2.45, 2.75) is 52.5 Å². The van der Waals surface area contributed by atoms with Gasteiger partial charge in [0.25, 0.3) is 5.91 Å². The summed E-state index contributed by atoms with van der Waals surface area (Å²) in [6.45, 7) is 12.2. The topological polar surface area (TPSA) is 44.7 Å². The van der Waals surface area contributed by atoms with E-state index in [1.807, 2.05) is 37.3 Å². The van der Waals surface area contributed by atoms with Crippen LogP contribution in [-0.4, -0.2) is 23.2 Å². The molecule has 156 valence electrons. The third-order valence-electron chi connectivity index (χ3n) is 5.91. The highest BCUT2D eigenvalue weighted by Crippen LogP contribution is 2.43. The van der Waals surface area contributed by atoms with Gasteiger partial charge < -0.3 is 10.2 Å². The van der Waals surface area contributed by atoms with Gasteiger partial charge in [0.15, 0.2) is 5.17 Å². The average molecular weight is 420 g/mol. The predicted octanol–water partition coefficient (Wildman–Crippen LogP) is 6.00. The molecule has 1 fully saturated rings. The first kappa shape index (κ1) is 20.7. The Morgan fingerprint density at radius 1 is 1.27 bits per heavy atom. The summed E-state index contributed by atoms with van der Waals surface area (Å²) in [6, 6.07) is 14.5. The minimum atomic E-state index is -0.0894. The fourth-order valence-electron chi connectivity index (χ4n) is 4.64. The van der Waals surface area contributed by atoms with Gasteiger partial charge in [0.2, 0.25) is 0 Å². The number of fused-ring (bicyclic) bond motifs is 1. The monoisotopic (exact) mass is 419 g/mol. The van der Waals surface area contributed by atoms with E-state index >= 15 is 0 Å². The number of anilines is 1. The van der Waals surface area contributed by atoms with Gasteiger partial charge in [0, 0.05) is 17.8 Å². The van der Waals surface area contributed by atoms with Crippen LogP contribution in [0.25, 0.3) is 6.08 Å². The lowest BCUT2D eigenvalue weighted by atomic mass is 9.79. The molecule has 0 aliphatic carbocycles. The number of aryl methyl sites for hydroxylation is 1. The third kappa shape index (κ3) is 4.04. The number of nitrogens with one attached hydrogen (secondary N) is 1. The Balaban J connectivity index is 1.61. The quantitative estimate of drug-likeness (QED) is 0.621. The Bertz CT molecular complexity index is 1050. The molecule has 0 bridgehead atoms. The molecule has 2 aliphatic heterocycles. The third-order valence-corrected chi connectivity index (χ3v) is 6.82. The zero-order valence-electron chi connectivity index (χ0n) is 18.3. The summed E-state index contributed by atoms with van der Waals surface area (Å²) in [5.41, 5.74) is 5.89. The molecule has 5 heteroatoms. The van der Waals surface area contributed by atoms with Crippen molar-refractivity contribution in [1.82, 2.24) is 5.32 Å². The summed E-state index contributed by atoms with van der Waals surface area (Å²) in [5.74, 6) is 0.396. The fourth-order valence-corrected chi connectivity index (χ4v) is 5.49. The van der Waals surface area contributed by atoms with Crippen molar-refractivity contribution in [2.24, 2.45) is 4.99 Å². The van der Waals surface area contributed by atoms with Gasteiger partial charge in [-0.3, -0.25) is 4.79 Å². The molecular weight excluding hydrogens is 390 g/mol. The van der Waals surface area contributed by atoms with Crippen LogP contribution in [0, 0.1) is 6.92 Å². The average Bonchev–Trinajstić information content (AvgIpc) is 3.00. The lowest BCUT2D eigenvalue weighted by molar-refractivity contribution is -0.115. The van der Waals surface area contributed by atoms with Gasteiger partial charge in [-0.2, -0.15) is 0 Å². The second-order valence-corrected chi connectivity index (χ2v) is 9.83. The van der Waals surface area contributed by atoms with Crippen LogP contribution in [0.15, 0.2) is 52.4 Å². The number of amidine groups is 1. The molecule has 1 N–H and O–H groups in total. The van der Waals surface area contributed by atoms with Gasteiger partial charge in [-0.05, 0) is 98.8 Å². The van der Waals surface area contributed by atoms with Crippen molar-refractivity contribution < 1.29 is 4.79 Å². The Kier molecular flexibility index (Phi) is 5.49. The molecule has 2 heterocycles. The summed E-state index contributed by atoms with van der Waals surface area (Å²) in [5, 5.41) is 3.51. The van der Waals surface area contributed by atoms with Gasteiger partial charge in [0.1, 0.15) is 0 Å². The first-order valence-electron chi connectivity index (χ1n) is 10.5. The highest BCUT2D eigenvalue weighted by Gasteiger charge is 2.35. The minimum absolute atomic E-state index is 0.0894. The summed E-state index contributed by atoms with van der Waals surface area (Å²) in [6.07, 6.45) is 3.10. The number of carbonyl (C=O) groups excluding carboxylic acids is 1. The van der Waals surface area contributed by atoms with E-state index < -0.39 is 0 Å². The maximum absolute atomic E-state index is 12.5. The summed E-state index contributed by atoms with van der Waals surface area (Å²) >= 11 is 1.40. The molecule has 2 aliphatic rings. The summed E-state index contributed by atoms with van der Waals surface area (Å²) < 4.78 is 0. The fraction of sp³-hybridized carbons (Fsp3) is 0.360. The van der Waals surface area contributed by atoms with Crippen LogP contribution in [0.5, 0.6) is 0 Å². The van der Waals surface area contributed by atoms with E-state index in [9.17, 15) is 4.79 Å². The Hall–Kier alpha value is -2.53. The molecule has 0 unspecified atom stereocenters. The molecule has 1 atom stereocenters. The molecule has 4 nitrogen and oxygen atoms in total. The van der Waals surface area contributed by atoms with Crippen LogP contribution in [0.3, 0.4) is 0 Å². The zero-order valence-corrected chi connectivity index (χ0v) is 19.1. The second kappa shape index (κ2) is 7.95. The molecule has 1 saturated heterocycles. The first-order valence-corrected chi connectivity index (χ1v) is 11.4. The van der Waals surface area contributed by atoms with Gasteiger partial charge in [-0.15, -0.1) is 0 Å². The zero-order chi connectivity index (χ0) is 21.5. The van der Waals surface area contributed by atoms with E-state index in [1.54, 1.807) is 0 Å². The summed E-state index contributed by atoms with van der Waals surface area (Å²) in [7, 11) is 0. The molecular formula is C25H29N3OS. The molecule has 2 aromatic carbocycles. The van der Waals surface area contributed by atoms with Crippen LogP contribution < -0.4 is 10.2 Å². The van der Waals surface area contributed by atoms with E-state index in [2.05, 4.69) is 61.1 Å². The van der Waals surface area contributed by atoms with Crippen LogP contribution in [-0.2, 0) is 4.79 Å². The predicted molar refractivity (Wildman–Crippen MR) is 129 cm³/mol. The van der Waals surface area contributed by atoms with Gasteiger partial charge in [0.05, 0.1) is 10.6 Å². The molecule has 0 radical (unpaired) electrons. The van der Waals surface area contributed by atoms with Crippen LogP contribution in [0.4, 0.5) is 11.4 Å². The van der Waals surface area contributed by atoms with Crippen molar-refractivity contribution in [3.8, 4) is 0 Å². The standard InChI is InChI=1S/C25H29N3OS/c1-6-28-21-11-10-18(13-20(21)17(3)15-25(28,4)5)14-22-23(29)27-24(30-22)26-19-9-7-8-16(2)12-19/h7-14,17H,6,15H2,1-5H3,(H,26,27,29)/b22-14-/t17-/m0/s1. The SMILES string of the molecule is CCN1c2ccc(/C=C3\SC(=Nc4cccc(C)c4)NC3=O)cc2[C@@H](C)CC1(C)C. The molecule has 4 rings (SSSR count). The van der Waals surface area contributed by atoms with Gasteiger partial charge >= 0.3 is 0 Å². The number of hydrogen-bond donors (Lipinski definition) is 1. The van der Waals surface area contributed by atoms with E-state index in [4.69, 9.17) is 0 Å². The van der Waals surface area contributed by atoms with E-state index in [-0.39, 0.29) is 11.4 Å². The lowest BCUT2D eigenvalue weighted by Gasteiger charge is -2.47.